The molecule has 108 valence electrons. The highest BCUT2D eigenvalue weighted by molar-refractivity contribution is 5.76. The topological polar surface area (TPSA) is 32.3 Å². The number of rotatable bonds is 9. The molecule has 0 aliphatic rings. The number of nitrogens with zero attached hydrogens (tertiary/aromatic N) is 1. The minimum Gasteiger partial charge on any atom is -0.343 e. The molecular weight excluding hydrogens is 224 g/mol. The van der Waals surface area contributed by atoms with Crippen LogP contribution in [0.3, 0.4) is 0 Å². The third-order valence-corrected chi connectivity index (χ3v) is 2.86. The number of unbranched alkanes of at least 4 members (excludes halogenated alkanes) is 1. The number of hydrogen-bond donors (Lipinski definition) is 1. The molecule has 18 heavy (non-hydrogen) atoms. The first kappa shape index (κ1) is 17.4. The molecule has 3 heteroatoms. The van der Waals surface area contributed by atoms with Crippen LogP contribution in [0.15, 0.2) is 0 Å². The van der Waals surface area contributed by atoms with E-state index in [0.29, 0.717) is 12.3 Å². The fourth-order valence-electron chi connectivity index (χ4n) is 1.82. The molecule has 0 unspecified atom stereocenters. The molecule has 0 fully saturated rings. The van der Waals surface area contributed by atoms with E-state index in [9.17, 15) is 4.79 Å². The van der Waals surface area contributed by atoms with Crippen molar-refractivity contribution in [3.8, 4) is 0 Å². The fourth-order valence-corrected chi connectivity index (χ4v) is 1.82. The predicted octanol–water partition coefficient (Wildman–Crippen LogP) is 3.19. The first-order chi connectivity index (χ1) is 8.40. The van der Waals surface area contributed by atoms with E-state index in [-0.39, 0.29) is 5.54 Å². The van der Waals surface area contributed by atoms with Crippen molar-refractivity contribution in [2.24, 2.45) is 0 Å². The summed E-state index contributed by atoms with van der Waals surface area (Å²) < 4.78 is 0. The average molecular weight is 256 g/mol. The summed E-state index contributed by atoms with van der Waals surface area (Å²) in [6, 6.07) is 0. The Morgan fingerprint density at radius 1 is 1.06 bits per heavy atom. The summed E-state index contributed by atoms with van der Waals surface area (Å²) in [5.74, 6) is 0.321. The van der Waals surface area contributed by atoms with Gasteiger partial charge in [-0.3, -0.25) is 4.79 Å². The molecule has 0 atom stereocenters. The monoisotopic (exact) mass is 256 g/mol. The lowest BCUT2D eigenvalue weighted by molar-refractivity contribution is -0.131. The van der Waals surface area contributed by atoms with E-state index in [1.807, 2.05) is 4.90 Å². The van der Waals surface area contributed by atoms with E-state index in [1.54, 1.807) is 0 Å². The van der Waals surface area contributed by atoms with Gasteiger partial charge in [-0.2, -0.15) is 0 Å². The fraction of sp³-hybridized carbons (Fsp3) is 0.933. The van der Waals surface area contributed by atoms with Crippen molar-refractivity contribution < 1.29 is 4.79 Å². The summed E-state index contributed by atoms with van der Waals surface area (Å²) in [5, 5.41) is 3.47. The molecule has 0 saturated heterocycles. The van der Waals surface area contributed by atoms with Crippen LogP contribution in [0.1, 0.15) is 66.7 Å². The largest absolute Gasteiger partial charge is 0.343 e. The van der Waals surface area contributed by atoms with Gasteiger partial charge in [-0.25, -0.2) is 0 Å². The van der Waals surface area contributed by atoms with Crippen molar-refractivity contribution in [2.75, 3.05) is 19.6 Å². The molecular formula is C15H32N2O. The van der Waals surface area contributed by atoms with E-state index in [2.05, 4.69) is 39.9 Å². The second-order valence-corrected chi connectivity index (χ2v) is 6.01. The predicted molar refractivity (Wildman–Crippen MR) is 78.8 cm³/mol. The summed E-state index contributed by atoms with van der Waals surface area (Å²) in [5.41, 5.74) is 0.168. The van der Waals surface area contributed by atoms with Gasteiger partial charge >= 0.3 is 0 Å². The molecule has 0 bridgehead atoms. The average Bonchev–Trinajstić information content (AvgIpc) is 2.27. The Labute approximate surface area is 113 Å². The van der Waals surface area contributed by atoms with Crippen molar-refractivity contribution in [3.05, 3.63) is 0 Å². The van der Waals surface area contributed by atoms with Gasteiger partial charge in [-0.15, -0.1) is 0 Å². The lowest BCUT2D eigenvalue weighted by Crippen LogP contribution is -2.39. The normalized spacial score (nSPS) is 11.6. The smallest absolute Gasteiger partial charge is 0.222 e. The van der Waals surface area contributed by atoms with Crippen molar-refractivity contribution in [1.29, 1.82) is 0 Å². The van der Waals surface area contributed by atoms with Crippen molar-refractivity contribution in [1.82, 2.24) is 10.2 Å². The van der Waals surface area contributed by atoms with Gasteiger partial charge < -0.3 is 10.2 Å². The molecule has 0 heterocycles. The highest BCUT2D eigenvalue weighted by Gasteiger charge is 2.12. The van der Waals surface area contributed by atoms with E-state index in [0.717, 1.165) is 45.3 Å². The maximum Gasteiger partial charge on any atom is 0.222 e. The molecule has 1 N–H and O–H groups in total. The molecule has 0 aromatic rings. The number of carbonyl (C=O) groups is 1. The lowest BCUT2D eigenvalue weighted by Gasteiger charge is -2.25. The van der Waals surface area contributed by atoms with Gasteiger partial charge in [-0.05, 0) is 46.6 Å². The number of amides is 1. The van der Waals surface area contributed by atoms with E-state index in [4.69, 9.17) is 0 Å². The van der Waals surface area contributed by atoms with Crippen molar-refractivity contribution in [2.45, 2.75) is 72.3 Å². The zero-order valence-electron chi connectivity index (χ0n) is 13.0. The van der Waals surface area contributed by atoms with E-state index in [1.165, 1.54) is 0 Å². The van der Waals surface area contributed by atoms with Crippen LogP contribution in [0.5, 0.6) is 0 Å². The summed E-state index contributed by atoms with van der Waals surface area (Å²) in [6.07, 6.45) is 4.94. The van der Waals surface area contributed by atoms with Crippen LogP contribution in [0, 0.1) is 0 Å². The Morgan fingerprint density at radius 3 is 2.17 bits per heavy atom. The first-order valence-electron chi connectivity index (χ1n) is 7.43. The summed E-state index contributed by atoms with van der Waals surface area (Å²) in [7, 11) is 0. The molecule has 0 saturated carbocycles. The number of nitrogens with one attached hydrogen (secondary N) is 1. The third-order valence-electron chi connectivity index (χ3n) is 2.86. The van der Waals surface area contributed by atoms with E-state index >= 15 is 0 Å². The van der Waals surface area contributed by atoms with Gasteiger partial charge in [0, 0.05) is 25.0 Å². The second-order valence-electron chi connectivity index (χ2n) is 6.01. The molecule has 0 aromatic carbocycles. The zero-order chi connectivity index (χ0) is 14.0. The SMILES string of the molecule is CCCCN(CCCNC(C)(C)C)C(=O)CCC. The maximum absolute atomic E-state index is 11.9. The van der Waals surface area contributed by atoms with Crippen LogP contribution in [0.2, 0.25) is 0 Å². The standard InChI is InChI=1S/C15H32N2O/c1-6-8-12-17(14(18)10-7-2)13-9-11-16-15(3,4)5/h16H,6-13H2,1-5H3. The summed E-state index contributed by atoms with van der Waals surface area (Å²) in [4.78, 5) is 14.0. The van der Waals surface area contributed by atoms with Crippen LogP contribution in [0.4, 0.5) is 0 Å². The second kappa shape index (κ2) is 9.37. The molecule has 0 radical (unpaired) electrons. The lowest BCUT2D eigenvalue weighted by atomic mass is 10.1. The van der Waals surface area contributed by atoms with Gasteiger partial charge in [0.2, 0.25) is 5.91 Å². The Bertz CT molecular complexity index is 221. The quantitative estimate of drug-likeness (QED) is 0.643. The Morgan fingerprint density at radius 2 is 1.67 bits per heavy atom. The molecule has 0 aromatic heterocycles. The van der Waals surface area contributed by atoms with Gasteiger partial charge in [0.1, 0.15) is 0 Å². The third kappa shape index (κ3) is 9.46. The first-order valence-corrected chi connectivity index (χ1v) is 7.43. The highest BCUT2D eigenvalue weighted by Crippen LogP contribution is 2.03. The molecule has 0 rings (SSSR count). The summed E-state index contributed by atoms with van der Waals surface area (Å²) in [6.45, 7) is 13.5. The van der Waals surface area contributed by atoms with Crippen LogP contribution < -0.4 is 5.32 Å². The minimum atomic E-state index is 0.168. The summed E-state index contributed by atoms with van der Waals surface area (Å²) >= 11 is 0. The Kier molecular flexibility index (Phi) is 9.08. The van der Waals surface area contributed by atoms with Crippen molar-refractivity contribution >= 4 is 5.91 Å². The van der Waals surface area contributed by atoms with Crippen LogP contribution in [-0.4, -0.2) is 36.0 Å². The van der Waals surface area contributed by atoms with Gasteiger partial charge in [0.05, 0.1) is 0 Å². The zero-order valence-corrected chi connectivity index (χ0v) is 13.0. The molecule has 0 aliphatic carbocycles. The maximum atomic E-state index is 11.9. The van der Waals surface area contributed by atoms with Crippen LogP contribution >= 0.6 is 0 Å². The highest BCUT2D eigenvalue weighted by atomic mass is 16.2. The molecule has 1 amide bonds. The van der Waals surface area contributed by atoms with Gasteiger partial charge in [0.25, 0.3) is 0 Å². The molecule has 3 nitrogen and oxygen atoms in total. The van der Waals surface area contributed by atoms with Gasteiger partial charge in [-0.1, -0.05) is 20.3 Å². The Balaban J connectivity index is 3.96. The molecule has 0 aliphatic heterocycles. The number of hydrogen-bond acceptors (Lipinski definition) is 2. The molecule has 0 spiro atoms. The van der Waals surface area contributed by atoms with Crippen LogP contribution in [0.25, 0.3) is 0 Å². The van der Waals surface area contributed by atoms with Crippen molar-refractivity contribution in [3.63, 3.8) is 0 Å². The Hall–Kier alpha value is -0.570. The van der Waals surface area contributed by atoms with E-state index < -0.39 is 0 Å². The van der Waals surface area contributed by atoms with Gasteiger partial charge in [0.15, 0.2) is 0 Å². The van der Waals surface area contributed by atoms with Crippen LogP contribution in [-0.2, 0) is 4.79 Å². The minimum absolute atomic E-state index is 0.168. The number of carbonyl (C=O) groups excluding carboxylic acids is 1.